The number of ether oxygens (including phenoxy) is 1. The number of nitro benzene ring substituents is 1. The van der Waals surface area contributed by atoms with E-state index in [4.69, 9.17) is 4.74 Å². The number of carbonyl (C=O) groups excluding carboxylic acids is 2. The van der Waals surface area contributed by atoms with E-state index in [0.717, 1.165) is 6.07 Å². The lowest BCUT2D eigenvalue weighted by Crippen LogP contribution is -2.33. The molecule has 0 spiro atoms. The summed E-state index contributed by atoms with van der Waals surface area (Å²) in [6.07, 6.45) is -0.0917. The number of non-ortho nitro benzene ring substituents is 1. The first-order valence-corrected chi connectivity index (χ1v) is 9.61. The minimum absolute atomic E-state index is 0.0257. The van der Waals surface area contributed by atoms with Crippen LogP contribution in [0.2, 0.25) is 0 Å². The number of halogens is 1. The zero-order chi connectivity index (χ0) is 22.7. The topological polar surface area (TPSA) is 110 Å². The third kappa shape index (κ3) is 4.61. The van der Waals surface area contributed by atoms with Gasteiger partial charge in [0.2, 0.25) is 0 Å². The number of hydrogen-bond acceptors (Lipinski definition) is 6. The second kappa shape index (κ2) is 9.05. The van der Waals surface area contributed by atoms with E-state index in [1.807, 2.05) is 13.8 Å². The van der Waals surface area contributed by atoms with Crippen LogP contribution in [0.3, 0.4) is 0 Å². The van der Waals surface area contributed by atoms with Crippen LogP contribution in [0, 0.1) is 15.9 Å². The lowest BCUT2D eigenvalue weighted by atomic mass is 9.95. The van der Waals surface area contributed by atoms with E-state index in [0.29, 0.717) is 5.56 Å². The highest BCUT2D eigenvalue weighted by atomic mass is 19.1. The summed E-state index contributed by atoms with van der Waals surface area (Å²) in [5.74, 6) is -2.80. The number of likely N-dealkylation sites (tertiary alicyclic amines) is 1. The van der Waals surface area contributed by atoms with E-state index in [9.17, 15) is 29.2 Å². The molecule has 1 saturated heterocycles. The van der Waals surface area contributed by atoms with Crippen molar-refractivity contribution in [1.82, 2.24) is 4.90 Å². The van der Waals surface area contributed by atoms with Crippen LogP contribution in [0.1, 0.15) is 31.0 Å². The summed E-state index contributed by atoms with van der Waals surface area (Å²) < 4.78 is 19.0. The Labute approximate surface area is 177 Å². The fourth-order valence-corrected chi connectivity index (χ4v) is 3.41. The Balaban J connectivity index is 2.11. The quantitative estimate of drug-likeness (QED) is 0.237. The van der Waals surface area contributed by atoms with Crippen molar-refractivity contribution in [2.75, 3.05) is 13.2 Å². The Bertz CT molecular complexity index is 1050. The molecule has 3 rings (SSSR count). The number of carbonyl (C=O) groups is 2. The van der Waals surface area contributed by atoms with Crippen molar-refractivity contribution in [2.45, 2.75) is 26.0 Å². The maximum Gasteiger partial charge on any atom is 0.295 e. The average molecular weight is 428 g/mol. The molecule has 1 amide bonds. The van der Waals surface area contributed by atoms with Gasteiger partial charge in [0.25, 0.3) is 17.4 Å². The molecule has 9 heteroatoms. The predicted molar refractivity (Wildman–Crippen MR) is 110 cm³/mol. The van der Waals surface area contributed by atoms with Gasteiger partial charge in [0.15, 0.2) is 0 Å². The van der Waals surface area contributed by atoms with Gasteiger partial charge in [-0.3, -0.25) is 19.7 Å². The summed E-state index contributed by atoms with van der Waals surface area (Å²) in [6.45, 7) is 3.87. The highest BCUT2D eigenvalue weighted by molar-refractivity contribution is 6.46. The summed E-state index contributed by atoms with van der Waals surface area (Å²) in [7, 11) is 0. The summed E-state index contributed by atoms with van der Waals surface area (Å²) in [4.78, 5) is 37.3. The van der Waals surface area contributed by atoms with Crippen LogP contribution in [0.15, 0.2) is 54.1 Å². The number of hydrogen-bond donors (Lipinski definition) is 1. The summed E-state index contributed by atoms with van der Waals surface area (Å²) >= 11 is 0. The summed E-state index contributed by atoms with van der Waals surface area (Å²) in [5.41, 5.74) is -0.0570. The Morgan fingerprint density at radius 2 is 1.90 bits per heavy atom. The largest absolute Gasteiger partial charge is 0.507 e. The maximum atomic E-state index is 13.5. The molecule has 2 aromatic rings. The van der Waals surface area contributed by atoms with Crippen LogP contribution < -0.4 is 0 Å². The lowest BCUT2D eigenvalue weighted by Gasteiger charge is -2.25. The van der Waals surface area contributed by atoms with Crippen molar-refractivity contribution < 1.29 is 28.7 Å². The monoisotopic (exact) mass is 428 g/mol. The molecule has 31 heavy (non-hydrogen) atoms. The molecule has 162 valence electrons. The number of aliphatic hydroxyl groups excluding tert-OH is 1. The van der Waals surface area contributed by atoms with Crippen molar-refractivity contribution >= 4 is 23.1 Å². The third-order valence-electron chi connectivity index (χ3n) is 4.84. The number of ketones is 1. The SMILES string of the molecule is CC(C)OCCN1C(=O)C(=O)/C(=C(\O)c2cccc([N+](=O)[O-])c2)C1c1ccc(F)cc1. The van der Waals surface area contributed by atoms with Crippen LogP contribution in [0.25, 0.3) is 5.76 Å². The van der Waals surface area contributed by atoms with Gasteiger partial charge in [-0.1, -0.05) is 24.3 Å². The number of benzene rings is 2. The zero-order valence-corrected chi connectivity index (χ0v) is 16.9. The lowest BCUT2D eigenvalue weighted by molar-refractivity contribution is -0.384. The molecule has 1 aliphatic heterocycles. The number of aliphatic hydroxyl groups is 1. The Morgan fingerprint density at radius 1 is 1.23 bits per heavy atom. The maximum absolute atomic E-state index is 13.5. The molecule has 0 aliphatic carbocycles. The number of nitrogens with zero attached hydrogens (tertiary/aromatic N) is 2. The molecule has 1 unspecified atom stereocenters. The molecule has 1 fully saturated rings. The van der Waals surface area contributed by atoms with Crippen LogP contribution >= 0.6 is 0 Å². The highest BCUT2D eigenvalue weighted by Gasteiger charge is 2.46. The van der Waals surface area contributed by atoms with Crippen LogP contribution in [0.5, 0.6) is 0 Å². The second-order valence-electron chi connectivity index (χ2n) is 7.27. The van der Waals surface area contributed by atoms with Crippen molar-refractivity contribution in [3.63, 3.8) is 0 Å². The van der Waals surface area contributed by atoms with Crippen LogP contribution in [0.4, 0.5) is 10.1 Å². The van der Waals surface area contributed by atoms with Crippen LogP contribution in [-0.4, -0.2) is 45.9 Å². The third-order valence-corrected chi connectivity index (χ3v) is 4.84. The minimum Gasteiger partial charge on any atom is -0.507 e. The van der Waals surface area contributed by atoms with E-state index >= 15 is 0 Å². The normalized spacial score (nSPS) is 18.1. The number of amides is 1. The van der Waals surface area contributed by atoms with Crippen molar-refractivity contribution in [1.29, 1.82) is 0 Å². The fraction of sp³-hybridized carbons (Fsp3) is 0.273. The zero-order valence-electron chi connectivity index (χ0n) is 16.9. The standard InChI is InChI=1S/C22H21FN2O6/c1-13(2)31-11-10-24-19(14-6-8-16(23)9-7-14)18(21(27)22(24)28)20(26)15-4-3-5-17(12-15)25(29)30/h3-9,12-13,19,26H,10-11H2,1-2H3/b20-18-. The predicted octanol–water partition coefficient (Wildman–Crippen LogP) is 3.58. The Morgan fingerprint density at radius 3 is 2.52 bits per heavy atom. The van der Waals surface area contributed by atoms with Gasteiger partial charge in [-0.05, 0) is 31.5 Å². The van der Waals surface area contributed by atoms with E-state index in [1.54, 1.807) is 0 Å². The second-order valence-corrected chi connectivity index (χ2v) is 7.27. The van der Waals surface area contributed by atoms with Crippen molar-refractivity contribution in [3.05, 3.63) is 81.2 Å². The molecule has 2 aromatic carbocycles. The molecule has 1 atom stereocenters. The van der Waals surface area contributed by atoms with E-state index < -0.39 is 34.2 Å². The van der Waals surface area contributed by atoms with Gasteiger partial charge < -0.3 is 14.7 Å². The van der Waals surface area contributed by atoms with Gasteiger partial charge in [0, 0.05) is 24.2 Å². The first kappa shape index (κ1) is 22.1. The van der Waals surface area contributed by atoms with E-state index in [1.165, 1.54) is 47.4 Å². The Hall–Kier alpha value is -3.59. The van der Waals surface area contributed by atoms with Gasteiger partial charge in [-0.2, -0.15) is 0 Å². The fourth-order valence-electron chi connectivity index (χ4n) is 3.41. The minimum atomic E-state index is -0.990. The van der Waals surface area contributed by atoms with Gasteiger partial charge >= 0.3 is 0 Å². The smallest absolute Gasteiger partial charge is 0.295 e. The van der Waals surface area contributed by atoms with Crippen molar-refractivity contribution in [2.24, 2.45) is 0 Å². The summed E-state index contributed by atoms with van der Waals surface area (Å²) in [5, 5.41) is 22.0. The van der Waals surface area contributed by atoms with Gasteiger partial charge in [-0.15, -0.1) is 0 Å². The summed E-state index contributed by atoms with van der Waals surface area (Å²) in [6, 6.07) is 9.36. The molecule has 1 N–H and O–H groups in total. The van der Waals surface area contributed by atoms with Crippen LogP contribution in [-0.2, 0) is 14.3 Å². The average Bonchev–Trinajstić information content (AvgIpc) is 2.98. The van der Waals surface area contributed by atoms with Gasteiger partial charge in [0.1, 0.15) is 11.6 Å². The highest BCUT2D eigenvalue weighted by Crippen LogP contribution is 2.39. The molecule has 1 heterocycles. The first-order valence-electron chi connectivity index (χ1n) is 9.61. The van der Waals surface area contributed by atoms with E-state index in [-0.39, 0.29) is 36.1 Å². The number of Topliss-reactive ketones (excluding diaryl/α,β-unsaturated/α-hetero) is 1. The van der Waals surface area contributed by atoms with Gasteiger partial charge in [-0.25, -0.2) is 4.39 Å². The number of nitro groups is 1. The molecule has 8 nitrogen and oxygen atoms in total. The van der Waals surface area contributed by atoms with E-state index in [2.05, 4.69) is 0 Å². The molecule has 1 aliphatic rings. The molecule has 0 aromatic heterocycles. The molecular weight excluding hydrogens is 407 g/mol. The number of rotatable bonds is 7. The molecule has 0 radical (unpaired) electrons. The molecule has 0 saturated carbocycles. The molecule has 0 bridgehead atoms. The van der Waals surface area contributed by atoms with Crippen molar-refractivity contribution in [3.8, 4) is 0 Å². The Kier molecular flexibility index (Phi) is 6.45. The molecular formula is C22H21FN2O6. The first-order chi connectivity index (χ1) is 14.7. The van der Waals surface area contributed by atoms with Gasteiger partial charge in [0.05, 0.1) is 29.2 Å².